The van der Waals surface area contributed by atoms with Crippen LogP contribution in [0, 0.1) is 0 Å². The minimum atomic E-state index is -0.408. The summed E-state index contributed by atoms with van der Waals surface area (Å²) in [6.45, 7) is 2.16. The number of carbonyl (C=O) groups is 1. The topological polar surface area (TPSA) is 38.1 Å². The van der Waals surface area contributed by atoms with Crippen molar-refractivity contribution in [3.63, 3.8) is 0 Å². The molecule has 4 nitrogen and oxygen atoms in total. The van der Waals surface area contributed by atoms with Gasteiger partial charge in [0.1, 0.15) is 11.5 Å². The van der Waals surface area contributed by atoms with Gasteiger partial charge in [0.15, 0.2) is 0 Å². The van der Waals surface area contributed by atoms with Crippen LogP contribution >= 0.6 is 15.9 Å². The number of benzene rings is 2. The number of aromatic nitrogens is 2. The third-order valence-corrected chi connectivity index (χ3v) is 5.75. The van der Waals surface area contributed by atoms with Crippen molar-refractivity contribution in [1.29, 1.82) is 0 Å². The molecule has 1 atom stereocenters. The van der Waals surface area contributed by atoms with Gasteiger partial charge in [0.05, 0.1) is 16.7 Å². The van der Waals surface area contributed by atoms with E-state index < -0.39 is 5.66 Å². The lowest BCUT2D eigenvalue weighted by Crippen LogP contribution is -2.56. The van der Waals surface area contributed by atoms with E-state index in [4.69, 9.17) is 4.98 Å². The number of amides is 1. The van der Waals surface area contributed by atoms with E-state index in [2.05, 4.69) is 39.6 Å². The first-order valence-corrected chi connectivity index (χ1v) is 9.00. The number of piperidine rings is 1. The standard InChI is InChI=1S/C19H16BrN3O/c1-19-10-4-7-17(24)22(19)16-11-12(20)8-9-13(16)18-21-14-5-2-3-6-15(14)23(18)19/h2-3,5-6,8-9,11H,4,7,10H2,1H3. The first-order valence-electron chi connectivity index (χ1n) is 8.20. The SMILES string of the molecule is CC12CCCC(=O)N1c1cc(Br)ccc1-c1nc3ccccc3n12. The summed E-state index contributed by atoms with van der Waals surface area (Å²) in [4.78, 5) is 19.7. The predicted molar refractivity (Wildman–Crippen MR) is 97.9 cm³/mol. The van der Waals surface area contributed by atoms with Crippen LogP contribution in [0.2, 0.25) is 0 Å². The maximum atomic E-state index is 12.9. The highest BCUT2D eigenvalue weighted by Crippen LogP contribution is 2.49. The van der Waals surface area contributed by atoms with Gasteiger partial charge >= 0.3 is 0 Å². The zero-order chi connectivity index (χ0) is 16.5. The Morgan fingerprint density at radius 2 is 2.04 bits per heavy atom. The molecular formula is C19H16BrN3O. The van der Waals surface area contributed by atoms with Crippen molar-refractivity contribution in [2.24, 2.45) is 0 Å². The van der Waals surface area contributed by atoms with Crippen LogP contribution in [0.5, 0.6) is 0 Å². The van der Waals surface area contributed by atoms with Crippen LogP contribution in [-0.4, -0.2) is 15.5 Å². The van der Waals surface area contributed by atoms with Crippen LogP contribution in [0.1, 0.15) is 26.2 Å². The molecule has 5 heteroatoms. The molecule has 2 aliphatic rings. The quantitative estimate of drug-likeness (QED) is 0.567. The molecule has 5 rings (SSSR count). The van der Waals surface area contributed by atoms with Gasteiger partial charge in [-0.2, -0.15) is 0 Å². The Kier molecular flexibility index (Phi) is 2.78. The van der Waals surface area contributed by atoms with Gasteiger partial charge in [0.25, 0.3) is 0 Å². The molecule has 1 fully saturated rings. The lowest BCUT2D eigenvalue weighted by Gasteiger charge is -2.49. The largest absolute Gasteiger partial charge is 0.300 e. The van der Waals surface area contributed by atoms with Gasteiger partial charge in [-0.1, -0.05) is 28.1 Å². The van der Waals surface area contributed by atoms with E-state index in [0.29, 0.717) is 6.42 Å². The summed E-state index contributed by atoms with van der Waals surface area (Å²) in [7, 11) is 0. The summed E-state index contributed by atoms with van der Waals surface area (Å²) in [6, 6.07) is 14.3. The molecule has 1 aromatic heterocycles. The normalized spacial score (nSPS) is 22.2. The number of halogens is 1. The molecule has 1 unspecified atom stereocenters. The lowest BCUT2D eigenvalue weighted by molar-refractivity contribution is -0.122. The molecule has 0 bridgehead atoms. The van der Waals surface area contributed by atoms with Crippen LogP contribution in [0.3, 0.4) is 0 Å². The first kappa shape index (κ1) is 14.2. The molecular weight excluding hydrogens is 366 g/mol. The van der Waals surface area contributed by atoms with Crippen molar-refractivity contribution in [1.82, 2.24) is 9.55 Å². The molecule has 3 heterocycles. The maximum Gasteiger partial charge on any atom is 0.228 e. The summed E-state index contributed by atoms with van der Waals surface area (Å²) in [6.07, 6.45) is 2.43. The minimum Gasteiger partial charge on any atom is -0.300 e. The second-order valence-electron chi connectivity index (χ2n) is 6.72. The number of nitrogens with zero attached hydrogens (tertiary/aromatic N) is 3. The maximum absolute atomic E-state index is 12.9. The van der Waals surface area contributed by atoms with Gasteiger partial charge in [-0.3, -0.25) is 14.3 Å². The number of anilines is 1. The van der Waals surface area contributed by atoms with Gasteiger partial charge in [-0.25, -0.2) is 4.98 Å². The molecule has 24 heavy (non-hydrogen) atoms. The Bertz CT molecular complexity index is 1010. The number of carbonyl (C=O) groups excluding carboxylic acids is 1. The summed E-state index contributed by atoms with van der Waals surface area (Å²) in [5, 5.41) is 0. The van der Waals surface area contributed by atoms with Crippen molar-refractivity contribution in [3.8, 4) is 11.4 Å². The van der Waals surface area contributed by atoms with Gasteiger partial charge in [0, 0.05) is 16.5 Å². The fourth-order valence-electron chi connectivity index (χ4n) is 4.25. The van der Waals surface area contributed by atoms with Crippen molar-refractivity contribution in [3.05, 3.63) is 46.9 Å². The number of fused-ring (bicyclic) bond motifs is 8. The Morgan fingerprint density at radius 3 is 2.92 bits per heavy atom. The predicted octanol–water partition coefficient (Wildman–Crippen LogP) is 4.67. The van der Waals surface area contributed by atoms with Crippen LogP contribution < -0.4 is 4.90 Å². The van der Waals surface area contributed by atoms with E-state index in [1.807, 2.05) is 35.2 Å². The average Bonchev–Trinajstić information content (AvgIpc) is 2.95. The molecule has 0 radical (unpaired) electrons. The van der Waals surface area contributed by atoms with E-state index in [0.717, 1.165) is 45.4 Å². The molecule has 0 saturated carbocycles. The number of para-hydroxylation sites is 2. The van der Waals surface area contributed by atoms with Crippen molar-refractivity contribution in [2.75, 3.05) is 4.90 Å². The zero-order valence-corrected chi connectivity index (χ0v) is 14.9. The highest BCUT2D eigenvalue weighted by Gasteiger charge is 2.47. The number of rotatable bonds is 0. The molecule has 2 aromatic carbocycles. The number of hydrogen-bond acceptors (Lipinski definition) is 2. The van der Waals surface area contributed by atoms with Gasteiger partial charge < -0.3 is 0 Å². The van der Waals surface area contributed by atoms with Crippen molar-refractivity contribution in [2.45, 2.75) is 31.8 Å². The highest BCUT2D eigenvalue weighted by molar-refractivity contribution is 9.10. The monoisotopic (exact) mass is 381 g/mol. The van der Waals surface area contributed by atoms with Crippen LogP contribution in [0.15, 0.2) is 46.9 Å². The zero-order valence-electron chi connectivity index (χ0n) is 13.3. The summed E-state index contributed by atoms with van der Waals surface area (Å²) >= 11 is 3.55. The Hall–Kier alpha value is -2.14. The van der Waals surface area contributed by atoms with E-state index in [-0.39, 0.29) is 5.91 Å². The third-order valence-electron chi connectivity index (χ3n) is 5.26. The number of hydrogen-bond donors (Lipinski definition) is 0. The van der Waals surface area contributed by atoms with E-state index >= 15 is 0 Å². The van der Waals surface area contributed by atoms with Crippen molar-refractivity contribution < 1.29 is 4.79 Å². The van der Waals surface area contributed by atoms with Crippen LogP contribution in [-0.2, 0) is 10.5 Å². The molecule has 1 saturated heterocycles. The fourth-order valence-corrected chi connectivity index (χ4v) is 4.59. The molecule has 1 amide bonds. The van der Waals surface area contributed by atoms with Crippen molar-refractivity contribution >= 4 is 38.6 Å². The summed E-state index contributed by atoms with van der Waals surface area (Å²) < 4.78 is 3.24. The minimum absolute atomic E-state index is 0.187. The highest BCUT2D eigenvalue weighted by atomic mass is 79.9. The Labute approximate surface area is 148 Å². The van der Waals surface area contributed by atoms with Gasteiger partial charge in [0.2, 0.25) is 5.91 Å². The van der Waals surface area contributed by atoms with E-state index in [9.17, 15) is 4.79 Å². The van der Waals surface area contributed by atoms with Crippen LogP contribution in [0.4, 0.5) is 5.69 Å². The van der Waals surface area contributed by atoms with Gasteiger partial charge in [-0.05, 0) is 50.1 Å². The summed E-state index contributed by atoms with van der Waals surface area (Å²) in [5.41, 5.74) is 3.63. The average molecular weight is 382 g/mol. The van der Waals surface area contributed by atoms with E-state index in [1.165, 1.54) is 0 Å². The second-order valence-corrected chi connectivity index (χ2v) is 7.64. The molecule has 2 aliphatic heterocycles. The molecule has 0 spiro atoms. The Balaban J connectivity index is 1.94. The fraction of sp³-hybridized carbons (Fsp3) is 0.263. The number of imidazole rings is 1. The first-order chi connectivity index (χ1) is 11.6. The molecule has 0 aliphatic carbocycles. The smallest absolute Gasteiger partial charge is 0.228 e. The summed E-state index contributed by atoms with van der Waals surface area (Å²) in [5.74, 6) is 1.14. The lowest BCUT2D eigenvalue weighted by atomic mass is 9.90. The van der Waals surface area contributed by atoms with Crippen LogP contribution in [0.25, 0.3) is 22.4 Å². The molecule has 0 N–H and O–H groups in total. The van der Waals surface area contributed by atoms with Gasteiger partial charge in [-0.15, -0.1) is 0 Å². The third kappa shape index (κ3) is 1.68. The Morgan fingerprint density at radius 1 is 1.21 bits per heavy atom. The molecule has 120 valence electrons. The van der Waals surface area contributed by atoms with E-state index in [1.54, 1.807) is 0 Å². The molecule has 3 aromatic rings. The second kappa shape index (κ2) is 4.70.